The minimum atomic E-state index is 0.582. The van der Waals surface area contributed by atoms with Crippen LogP contribution in [0, 0.1) is 0 Å². The normalized spacial score (nSPS) is 11.8. The zero-order valence-corrected chi connectivity index (χ0v) is 25.6. The molecular weight excluding hydrogens is 590 g/mol. The Kier molecular flexibility index (Phi) is 5.81. The van der Waals surface area contributed by atoms with E-state index in [1.807, 2.05) is 54.6 Å². The van der Waals surface area contributed by atoms with Gasteiger partial charge in [0.05, 0.1) is 0 Å². The zero-order chi connectivity index (χ0) is 31.6. The van der Waals surface area contributed by atoms with Gasteiger partial charge in [0.2, 0.25) is 0 Å². The van der Waals surface area contributed by atoms with Crippen LogP contribution < -0.4 is 0 Å². The van der Waals surface area contributed by atoms with Gasteiger partial charge in [-0.05, 0) is 64.4 Å². The van der Waals surface area contributed by atoms with E-state index in [1.54, 1.807) is 0 Å². The molecule has 7 aromatic carbocycles. The van der Waals surface area contributed by atoms with Crippen LogP contribution in [-0.2, 0) is 0 Å². The second-order valence-corrected chi connectivity index (χ2v) is 12.0. The SMILES string of the molecule is c1ccc(-c2ccc3oc4cccc(-c5nc(-c6ccc7oc8ccccc8c7c6)nc(-c6cccc7ccccc67)n5)c4c3c2)cc1. The summed E-state index contributed by atoms with van der Waals surface area (Å²) >= 11 is 0. The van der Waals surface area contributed by atoms with Crippen molar-refractivity contribution in [1.29, 1.82) is 0 Å². The molecule has 0 aliphatic carbocycles. The van der Waals surface area contributed by atoms with Crippen LogP contribution in [0.4, 0.5) is 0 Å². The number of furan rings is 2. The van der Waals surface area contributed by atoms with Crippen molar-refractivity contribution in [2.45, 2.75) is 0 Å². The van der Waals surface area contributed by atoms with Gasteiger partial charge in [0, 0.05) is 38.2 Å². The van der Waals surface area contributed by atoms with E-state index in [0.29, 0.717) is 17.5 Å². The first-order valence-electron chi connectivity index (χ1n) is 15.9. The van der Waals surface area contributed by atoms with Crippen molar-refractivity contribution in [3.05, 3.63) is 152 Å². The molecule has 0 saturated heterocycles. The van der Waals surface area contributed by atoms with Crippen LogP contribution >= 0.6 is 0 Å². The molecule has 0 radical (unpaired) electrons. The molecule has 0 bridgehead atoms. The molecule has 0 saturated carbocycles. The standard InChI is InChI=1S/C43H25N3O2/c1-2-10-26(11-3-1)28-20-22-38-35(24-28)40-33(17-9-19-39(40)48-38)43-45-41(29-21-23-37-34(25-29)31-15-6-7-18-36(31)47-37)44-42(46-43)32-16-8-13-27-12-4-5-14-30(27)32/h1-25H. The molecule has 3 aromatic heterocycles. The quantitative estimate of drug-likeness (QED) is 0.197. The molecule has 0 amide bonds. The number of benzene rings is 7. The summed E-state index contributed by atoms with van der Waals surface area (Å²) in [6.07, 6.45) is 0. The van der Waals surface area contributed by atoms with E-state index in [1.165, 1.54) is 0 Å². The molecule has 10 rings (SSSR count). The molecule has 0 aliphatic heterocycles. The zero-order valence-electron chi connectivity index (χ0n) is 25.6. The van der Waals surface area contributed by atoms with Crippen molar-refractivity contribution in [2.75, 3.05) is 0 Å². The average Bonchev–Trinajstić information content (AvgIpc) is 3.72. The number of hydrogen-bond acceptors (Lipinski definition) is 5. The number of aromatic nitrogens is 3. The Morgan fingerprint density at radius 1 is 0.333 bits per heavy atom. The number of hydrogen-bond donors (Lipinski definition) is 0. The van der Waals surface area contributed by atoms with Gasteiger partial charge in [-0.3, -0.25) is 0 Å². The van der Waals surface area contributed by atoms with Gasteiger partial charge in [-0.25, -0.2) is 15.0 Å². The molecule has 3 heterocycles. The molecular formula is C43H25N3O2. The summed E-state index contributed by atoms with van der Waals surface area (Å²) in [4.78, 5) is 15.5. The fraction of sp³-hybridized carbons (Fsp3) is 0. The van der Waals surface area contributed by atoms with Gasteiger partial charge >= 0.3 is 0 Å². The van der Waals surface area contributed by atoms with Crippen molar-refractivity contribution in [3.63, 3.8) is 0 Å². The molecule has 0 N–H and O–H groups in total. The molecule has 0 unspecified atom stereocenters. The predicted octanol–water partition coefficient (Wildman–Crippen LogP) is 11.5. The molecule has 0 spiro atoms. The van der Waals surface area contributed by atoms with Crippen molar-refractivity contribution in [1.82, 2.24) is 15.0 Å². The Bertz CT molecular complexity index is 2840. The third-order valence-electron chi connectivity index (χ3n) is 9.14. The van der Waals surface area contributed by atoms with Gasteiger partial charge < -0.3 is 8.83 Å². The van der Waals surface area contributed by atoms with E-state index in [4.69, 9.17) is 23.8 Å². The first kappa shape index (κ1) is 26.6. The fourth-order valence-electron chi connectivity index (χ4n) is 6.85. The summed E-state index contributed by atoms with van der Waals surface area (Å²) < 4.78 is 12.5. The smallest absolute Gasteiger partial charge is 0.164 e. The molecule has 0 atom stereocenters. The van der Waals surface area contributed by atoms with E-state index in [2.05, 4.69) is 97.1 Å². The van der Waals surface area contributed by atoms with E-state index in [-0.39, 0.29) is 0 Å². The molecule has 5 nitrogen and oxygen atoms in total. The van der Waals surface area contributed by atoms with Crippen LogP contribution in [0.2, 0.25) is 0 Å². The molecule has 0 aliphatic rings. The molecule has 224 valence electrons. The molecule has 0 fully saturated rings. The van der Waals surface area contributed by atoms with Gasteiger partial charge in [-0.1, -0.05) is 109 Å². The van der Waals surface area contributed by atoms with Gasteiger partial charge in [-0.15, -0.1) is 0 Å². The third kappa shape index (κ3) is 4.22. The summed E-state index contributed by atoms with van der Waals surface area (Å²) in [6, 6.07) is 51.7. The van der Waals surface area contributed by atoms with E-state index in [0.717, 1.165) is 82.5 Å². The summed E-state index contributed by atoms with van der Waals surface area (Å²) in [5.41, 5.74) is 8.27. The lowest BCUT2D eigenvalue weighted by Crippen LogP contribution is -2.01. The van der Waals surface area contributed by atoms with Gasteiger partial charge in [0.25, 0.3) is 0 Å². The Hall–Kier alpha value is -6.59. The highest BCUT2D eigenvalue weighted by atomic mass is 16.3. The maximum Gasteiger partial charge on any atom is 0.164 e. The van der Waals surface area contributed by atoms with Gasteiger partial charge in [-0.2, -0.15) is 0 Å². The van der Waals surface area contributed by atoms with E-state index in [9.17, 15) is 0 Å². The Labute approximate surface area is 274 Å². The number of para-hydroxylation sites is 1. The first-order chi connectivity index (χ1) is 23.8. The van der Waals surface area contributed by atoms with Crippen LogP contribution in [0.5, 0.6) is 0 Å². The number of fused-ring (bicyclic) bond motifs is 7. The van der Waals surface area contributed by atoms with Crippen LogP contribution in [-0.4, -0.2) is 15.0 Å². The van der Waals surface area contributed by atoms with Crippen molar-refractivity contribution < 1.29 is 8.83 Å². The van der Waals surface area contributed by atoms with Crippen LogP contribution in [0.15, 0.2) is 160 Å². The summed E-state index contributed by atoms with van der Waals surface area (Å²) in [5, 5.41) is 6.28. The number of nitrogens with zero attached hydrogens (tertiary/aromatic N) is 3. The summed E-state index contributed by atoms with van der Waals surface area (Å²) in [7, 11) is 0. The van der Waals surface area contributed by atoms with E-state index >= 15 is 0 Å². The van der Waals surface area contributed by atoms with Crippen molar-refractivity contribution >= 4 is 54.6 Å². The lowest BCUT2D eigenvalue weighted by atomic mass is 10.0. The second-order valence-electron chi connectivity index (χ2n) is 12.0. The Morgan fingerprint density at radius 2 is 0.917 bits per heavy atom. The Morgan fingerprint density at radius 3 is 1.81 bits per heavy atom. The first-order valence-corrected chi connectivity index (χ1v) is 15.9. The maximum absolute atomic E-state index is 6.39. The third-order valence-corrected chi connectivity index (χ3v) is 9.14. The topological polar surface area (TPSA) is 65.0 Å². The maximum atomic E-state index is 6.39. The minimum Gasteiger partial charge on any atom is -0.456 e. The molecule has 48 heavy (non-hydrogen) atoms. The highest BCUT2D eigenvalue weighted by Gasteiger charge is 2.20. The monoisotopic (exact) mass is 615 g/mol. The van der Waals surface area contributed by atoms with Crippen molar-refractivity contribution in [3.8, 4) is 45.3 Å². The Balaban J connectivity index is 1.24. The second kappa shape index (κ2) is 10.5. The van der Waals surface area contributed by atoms with Crippen molar-refractivity contribution in [2.24, 2.45) is 0 Å². The number of rotatable bonds is 4. The lowest BCUT2D eigenvalue weighted by molar-refractivity contribution is 0.668. The largest absolute Gasteiger partial charge is 0.456 e. The predicted molar refractivity (Wildman–Crippen MR) is 194 cm³/mol. The van der Waals surface area contributed by atoms with Gasteiger partial charge in [0.15, 0.2) is 17.5 Å². The van der Waals surface area contributed by atoms with Crippen LogP contribution in [0.3, 0.4) is 0 Å². The summed E-state index contributed by atoms with van der Waals surface area (Å²) in [6.45, 7) is 0. The summed E-state index contributed by atoms with van der Waals surface area (Å²) in [5.74, 6) is 1.78. The fourth-order valence-corrected chi connectivity index (χ4v) is 6.85. The molecule has 5 heteroatoms. The minimum absolute atomic E-state index is 0.582. The lowest BCUT2D eigenvalue weighted by Gasteiger charge is -2.11. The highest BCUT2D eigenvalue weighted by molar-refractivity contribution is 6.13. The highest BCUT2D eigenvalue weighted by Crippen LogP contribution is 2.39. The van der Waals surface area contributed by atoms with Crippen LogP contribution in [0.1, 0.15) is 0 Å². The average molecular weight is 616 g/mol. The van der Waals surface area contributed by atoms with Gasteiger partial charge in [0.1, 0.15) is 22.3 Å². The van der Waals surface area contributed by atoms with E-state index < -0.39 is 0 Å². The van der Waals surface area contributed by atoms with Crippen LogP contribution in [0.25, 0.3) is 99.9 Å². The molecule has 10 aromatic rings.